The molecule has 3 nitrogen and oxygen atoms in total. The van der Waals surface area contributed by atoms with Crippen LogP contribution in [0.2, 0.25) is 0 Å². The van der Waals surface area contributed by atoms with E-state index >= 15 is 0 Å². The number of ether oxygens (including phenoxy) is 2. The van der Waals surface area contributed by atoms with E-state index in [1.165, 1.54) is 0 Å². The quantitative estimate of drug-likeness (QED) is 0.722. The number of nitrogens with two attached hydrogens (primary N) is 1. The van der Waals surface area contributed by atoms with Gasteiger partial charge < -0.3 is 15.2 Å². The Balaban J connectivity index is 2.41. The van der Waals surface area contributed by atoms with E-state index in [2.05, 4.69) is 0 Å². The van der Waals surface area contributed by atoms with E-state index in [0.29, 0.717) is 6.61 Å². The van der Waals surface area contributed by atoms with E-state index in [0.717, 1.165) is 30.9 Å². The molecule has 0 saturated heterocycles. The number of hydrogen-bond acceptors (Lipinski definition) is 3. The Labute approximate surface area is 97.6 Å². The second-order valence-corrected chi connectivity index (χ2v) is 3.73. The van der Waals surface area contributed by atoms with Crippen molar-refractivity contribution in [1.29, 1.82) is 0 Å². The largest absolute Gasteiger partial charge is 0.493 e. The number of rotatable bonds is 7. The van der Waals surface area contributed by atoms with Gasteiger partial charge in [-0.15, -0.1) is 0 Å². The van der Waals surface area contributed by atoms with Crippen LogP contribution in [0.25, 0.3) is 0 Å². The Bertz CT molecular complexity index is 300. The van der Waals surface area contributed by atoms with E-state index < -0.39 is 0 Å². The van der Waals surface area contributed by atoms with Crippen molar-refractivity contribution in [1.82, 2.24) is 0 Å². The minimum Gasteiger partial charge on any atom is -0.493 e. The molecule has 0 amide bonds. The third-order valence-electron chi connectivity index (χ3n) is 2.30. The first-order chi connectivity index (χ1) is 7.75. The van der Waals surface area contributed by atoms with Gasteiger partial charge in [0.15, 0.2) is 0 Å². The minimum atomic E-state index is 0.00286. The van der Waals surface area contributed by atoms with Crippen molar-refractivity contribution in [3.63, 3.8) is 0 Å². The summed E-state index contributed by atoms with van der Waals surface area (Å²) in [7, 11) is 0. The zero-order chi connectivity index (χ0) is 11.8. The lowest BCUT2D eigenvalue weighted by Gasteiger charge is -2.13. The molecule has 0 aliphatic rings. The van der Waals surface area contributed by atoms with Crippen molar-refractivity contribution in [2.75, 3.05) is 19.8 Å². The summed E-state index contributed by atoms with van der Waals surface area (Å²) in [5.41, 5.74) is 6.92. The lowest BCUT2D eigenvalue weighted by Crippen LogP contribution is -2.09. The summed E-state index contributed by atoms with van der Waals surface area (Å²) in [6.45, 7) is 6.13. The van der Waals surface area contributed by atoms with Crippen molar-refractivity contribution < 1.29 is 9.47 Å². The second kappa shape index (κ2) is 7.25. The van der Waals surface area contributed by atoms with Crippen LogP contribution in [-0.2, 0) is 4.74 Å². The van der Waals surface area contributed by atoms with E-state index in [-0.39, 0.29) is 6.04 Å². The number of para-hydroxylation sites is 1. The molecule has 1 unspecified atom stereocenters. The average Bonchev–Trinajstić information content (AvgIpc) is 2.29. The van der Waals surface area contributed by atoms with Gasteiger partial charge in [-0.2, -0.15) is 0 Å². The molecule has 0 aliphatic carbocycles. The van der Waals surface area contributed by atoms with Crippen molar-refractivity contribution in [3.8, 4) is 5.75 Å². The van der Waals surface area contributed by atoms with Crippen molar-refractivity contribution >= 4 is 0 Å². The van der Waals surface area contributed by atoms with Gasteiger partial charge in [0.1, 0.15) is 5.75 Å². The van der Waals surface area contributed by atoms with Gasteiger partial charge in [-0.3, -0.25) is 0 Å². The molecule has 0 bridgehead atoms. The van der Waals surface area contributed by atoms with Gasteiger partial charge in [-0.1, -0.05) is 18.2 Å². The fourth-order valence-corrected chi connectivity index (χ4v) is 1.48. The molecule has 90 valence electrons. The summed E-state index contributed by atoms with van der Waals surface area (Å²) in [6.07, 6.45) is 0.904. The highest BCUT2D eigenvalue weighted by atomic mass is 16.5. The van der Waals surface area contributed by atoms with Gasteiger partial charge in [-0.05, 0) is 19.9 Å². The van der Waals surface area contributed by atoms with Crippen LogP contribution in [0.4, 0.5) is 0 Å². The monoisotopic (exact) mass is 223 g/mol. The van der Waals surface area contributed by atoms with Crippen LogP contribution >= 0.6 is 0 Å². The molecular formula is C13H21NO2. The zero-order valence-corrected chi connectivity index (χ0v) is 10.1. The third-order valence-corrected chi connectivity index (χ3v) is 2.30. The van der Waals surface area contributed by atoms with E-state index in [9.17, 15) is 0 Å². The highest BCUT2D eigenvalue weighted by molar-refractivity contribution is 5.35. The predicted octanol–water partition coefficient (Wildman–Crippen LogP) is 2.51. The van der Waals surface area contributed by atoms with Gasteiger partial charge in [-0.25, -0.2) is 0 Å². The molecule has 0 aromatic heterocycles. The molecule has 1 aromatic carbocycles. The summed E-state index contributed by atoms with van der Waals surface area (Å²) in [5, 5.41) is 0. The molecular weight excluding hydrogens is 202 g/mol. The molecule has 0 spiro atoms. The van der Waals surface area contributed by atoms with Crippen LogP contribution in [0, 0.1) is 0 Å². The second-order valence-electron chi connectivity index (χ2n) is 3.73. The average molecular weight is 223 g/mol. The summed E-state index contributed by atoms with van der Waals surface area (Å²) >= 11 is 0. The number of benzene rings is 1. The van der Waals surface area contributed by atoms with Gasteiger partial charge in [0.2, 0.25) is 0 Å². The molecule has 0 heterocycles. The lowest BCUT2D eigenvalue weighted by atomic mass is 10.1. The molecule has 0 saturated carbocycles. The molecule has 3 heteroatoms. The van der Waals surface area contributed by atoms with E-state index in [1.807, 2.05) is 38.1 Å². The molecule has 0 fully saturated rings. The summed E-state index contributed by atoms with van der Waals surface area (Å²) in [6, 6.07) is 7.90. The van der Waals surface area contributed by atoms with Crippen LogP contribution in [0.1, 0.15) is 31.9 Å². The lowest BCUT2D eigenvalue weighted by molar-refractivity contribution is 0.130. The number of hydrogen-bond donors (Lipinski definition) is 1. The van der Waals surface area contributed by atoms with E-state index in [4.69, 9.17) is 15.2 Å². The molecule has 1 aromatic rings. The standard InChI is InChI=1S/C13H21NO2/c1-3-15-9-6-10-16-13-8-5-4-7-12(13)11(2)14/h4-5,7-8,11H,3,6,9-10,14H2,1-2H3. The maximum atomic E-state index is 5.86. The first kappa shape index (κ1) is 13.0. The highest BCUT2D eigenvalue weighted by Gasteiger charge is 2.06. The normalized spacial score (nSPS) is 12.4. The van der Waals surface area contributed by atoms with Crippen LogP contribution in [0.5, 0.6) is 5.75 Å². The van der Waals surface area contributed by atoms with Crippen LogP contribution in [-0.4, -0.2) is 19.8 Å². The molecule has 0 aliphatic heterocycles. The minimum absolute atomic E-state index is 0.00286. The van der Waals surface area contributed by atoms with Crippen LogP contribution in [0.3, 0.4) is 0 Å². The molecule has 16 heavy (non-hydrogen) atoms. The summed E-state index contributed by atoms with van der Waals surface area (Å²) < 4.78 is 10.9. The first-order valence-corrected chi connectivity index (χ1v) is 5.80. The summed E-state index contributed by atoms with van der Waals surface area (Å²) in [5.74, 6) is 0.883. The fourth-order valence-electron chi connectivity index (χ4n) is 1.48. The zero-order valence-electron chi connectivity index (χ0n) is 10.1. The Kier molecular flexibility index (Phi) is 5.90. The maximum Gasteiger partial charge on any atom is 0.124 e. The topological polar surface area (TPSA) is 44.5 Å². The van der Waals surface area contributed by atoms with Gasteiger partial charge >= 0.3 is 0 Å². The Morgan fingerprint density at radius 1 is 1.25 bits per heavy atom. The van der Waals surface area contributed by atoms with Crippen molar-refractivity contribution in [2.24, 2.45) is 5.73 Å². The molecule has 0 radical (unpaired) electrons. The Morgan fingerprint density at radius 3 is 2.69 bits per heavy atom. The SMILES string of the molecule is CCOCCCOc1ccccc1C(C)N. The smallest absolute Gasteiger partial charge is 0.124 e. The Hall–Kier alpha value is -1.06. The van der Waals surface area contributed by atoms with Gasteiger partial charge in [0.25, 0.3) is 0 Å². The predicted molar refractivity (Wildman–Crippen MR) is 65.6 cm³/mol. The van der Waals surface area contributed by atoms with Gasteiger partial charge in [0, 0.05) is 31.2 Å². The van der Waals surface area contributed by atoms with Crippen molar-refractivity contribution in [3.05, 3.63) is 29.8 Å². The third kappa shape index (κ3) is 4.21. The van der Waals surface area contributed by atoms with E-state index in [1.54, 1.807) is 0 Å². The highest BCUT2D eigenvalue weighted by Crippen LogP contribution is 2.23. The van der Waals surface area contributed by atoms with Crippen LogP contribution in [0.15, 0.2) is 24.3 Å². The van der Waals surface area contributed by atoms with Gasteiger partial charge in [0.05, 0.1) is 6.61 Å². The summed E-state index contributed by atoms with van der Waals surface area (Å²) in [4.78, 5) is 0. The molecule has 1 atom stereocenters. The Morgan fingerprint density at radius 2 is 2.00 bits per heavy atom. The molecule has 1 rings (SSSR count). The fraction of sp³-hybridized carbons (Fsp3) is 0.538. The molecule has 2 N–H and O–H groups in total. The maximum absolute atomic E-state index is 5.86. The van der Waals surface area contributed by atoms with Crippen molar-refractivity contribution in [2.45, 2.75) is 26.3 Å². The van der Waals surface area contributed by atoms with Crippen LogP contribution < -0.4 is 10.5 Å². The first-order valence-electron chi connectivity index (χ1n) is 5.80.